The summed E-state index contributed by atoms with van der Waals surface area (Å²) in [6.07, 6.45) is -4.57. The van der Waals surface area contributed by atoms with Gasteiger partial charge in [0.2, 0.25) is 0 Å². The molecule has 7 heteroatoms. The van der Waals surface area contributed by atoms with Gasteiger partial charge in [-0.2, -0.15) is 13.2 Å². The van der Waals surface area contributed by atoms with Crippen LogP contribution in [0, 0.1) is 0 Å². The summed E-state index contributed by atoms with van der Waals surface area (Å²) in [4.78, 5) is 0. The summed E-state index contributed by atoms with van der Waals surface area (Å²) in [6, 6.07) is 2.10. The number of nitrogen functional groups attached to an aromatic ring is 1. The molecule has 0 saturated carbocycles. The van der Waals surface area contributed by atoms with Crippen molar-refractivity contribution in [3.63, 3.8) is 0 Å². The highest BCUT2D eigenvalue weighted by Gasteiger charge is 2.36. The summed E-state index contributed by atoms with van der Waals surface area (Å²) < 4.78 is 37.0. The van der Waals surface area contributed by atoms with Gasteiger partial charge in [0.1, 0.15) is 0 Å². The van der Waals surface area contributed by atoms with Crippen molar-refractivity contribution in [2.24, 2.45) is 5.84 Å². The molecule has 1 aromatic rings. The molecule has 0 unspecified atom stereocenters. The average molecular weight is 245 g/mol. The van der Waals surface area contributed by atoms with Crippen LogP contribution >= 0.6 is 23.2 Å². The predicted octanol–water partition coefficient (Wildman–Crippen LogP) is 3.30. The Bertz CT molecular complexity index is 328. The molecule has 0 heterocycles. The zero-order valence-electron chi connectivity index (χ0n) is 6.62. The Morgan fingerprint density at radius 2 is 1.57 bits per heavy atom. The van der Waals surface area contributed by atoms with E-state index in [0.29, 0.717) is 0 Å². The molecule has 0 aromatic heterocycles. The summed E-state index contributed by atoms with van der Waals surface area (Å²) in [5.74, 6) is 5.00. The Morgan fingerprint density at radius 3 is 1.86 bits per heavy atom. The molecule has 3 N–H and O–H groups in total. The molecule has 1 rings (SSSR count). The van der Waals surface area contributed by atoms with Crippen LogP contribution in [0.15, 0.2) is 12.1 Å². The predicted molar refractivity (Wildman–Crippen MR) is 49.3 cm³/mol. The van der Waals surface area contributed by atoms with Crippen molar-refractivity contribution in [3.05, 3.63) is 27.7 Å². The number of hydrogen-bond acceptors (Lipinski definition) is 2. The van der Waals surface area contributed by atoms with Crippen molar-refractivity contribution in [2.75, 3.05) is 5.43 Å². The Balaban J connectivity index is 3.33. The number of benzene rings is 1. The van der Waals surface area contributed by atoms with Crippen LogP contribution in [0.3, 0.4) is 0 Å². The van der Waals surface area contributed by atoms with Gasteiger partial charge in [-0.3, -0.25) is 5.84 Å². The Hall–Kier alpha value is -0.650. The van der Waals surface area contributed by atoms with Crippen molar-refractivity contribution in [2.45, 2.75) is 6.18 Å². The summed E-state index contributed by atoms with van der Waals surface area (Å²) >= 11 is 10.8. The average Bonchev–Trinajstić information content (AvgIpc) is 1.99. The summed E-state index contributed by atoms with van der Waals surface area (Å²) in [7, 11) is 0. The quantitative estimate of drug-likeness (QED) is 0.588. The van der Waals surface area contributed by atoms with Gasteiger partial charge in [-0.1, -0.05) is 23.2 Å². The molecule has 0 aliphatic rings. The zero-order valence-corrected chi connectivity index (χ0v) is 8.13. The largest absolute Gasteiger partial charge is 0.419 e. The molecule has 0 bridgehead atoms. The van der Waals surface area contributed by atoms with Crippen LogP contribution in [0.2, 0.25) is 10.0 Å². The van der Waals surface area contributed by atoms with Crippen molar-refractivity contribution >= 4 is 28.9 Å². The smallest absolute Gasteiger partial charge is 0.324 e. The number of anilines is 1. The standard InChI is InChI=1S/C7H5Cl2F3N2/c8-4-1-3(14-13)2-5(9)6(4)7(10,11)12/h1-2,14H,13H2. The Labute approximate surface area is 87.8 Å². The first-order chi connectivity index (χ1) is 6.36. The van der Waals surface area contributed by atoms with Crippen LogP contribution in [0.4, 0.5) is 18.9 Å². The fourth-order valence-electron chi connectivity index (χ4n) is 0.927. The topological polar surface area (TPSA) is 38.0 Å². The second-order valence-corrected chi connectivity index (χ2v) is 3.27. The lowest BCUT2D eigenvalue weighted by Crippen LogP contribution is -2.10. The third kappa shape index (κ3) is 2.23. The molecule has 0 atom stereocenters. The first-order valence-corrected chi connectivity index (χ1v) is 4.14. The maximum atomic E-state index is 12.3. The van der Waals surface area contributed by atoms with Crippen LogP contribution in [-0.2, 0) is 6.18 Å². The van der Waals surface area contributed by atoms with E-state index < -0.39 is 21.8 Å². The van der Waals surface area contributed by atoms with E-state index in [1.165, 1.54) is 0 Å². The molecule has 0 radical (unpaired) electrons. The van der Waals surface area contributed by atoms with Gasteiger partial charge in [0.05, 0.1) is 21.3 Å². The second-order valence-electron chi connectivity index (χ2n) is 2.46. The fourth-order valence-corrected chi connectivity index (χ4v) is 1.63. The minimum atomic E-state index is -4.57. The molecule has 1 aromatic carbocycles. The van der Waals surface area contributed by atoms with Gasteiger partial charge in [0, 0.05) is 0 Å². The van der Waals surface area contributed by atoms with Crippen molar-refractivity contribution < 1.29 is 13.2 Å². The molecule has 2 nitrogen and oxygen atoms in total. The highest BCUT2D eigenvalue weighted by molar-refractivity contribution is 6.36. The second kappa shape index (κ2) is 3.84. The maximum absolute atomic E-state index is 12.3. The van der Waals surface area contributed by atoms with Gasteiger partial charge < -0.3 is 5.43 Å². The highest BCUT2D eigenvalue weighted by Crippen LogP contribution is 2.40. The van der Waals surface area contributed by atoms with Crippen LogP contribution in [0.5, 0.6) is 0 Å². The van der Waals surface area contributed by atoms with Crippen molar-refractivity contribution in [1.82, 2.24) is 0 Å². The molecule has 0 amide bonds. The van der Waals surface area contributed by atoms with E-state index in [1.54, 1.807) is 0 Å². The third-order valence-corrected chi connectivity index (χ3v) is 2.09. The minimum absolute atomic E-state index is 0.216. The molecule has 14 heavy (non-hydrogen) atoms. The van der Waals surface area contributed by atoms with E-state index in [2.05, 4.69) is 5.43 Å². The third-order valence-electron chi connectivity index (χ3n) is 1.49. The number of halogens is 5. The van der Waals surface area contributed by atoms with Gasteiger partial charge >= 0.3 is 6.18 Å². The molecular formula is C7H5Cl2F3N2. The Morgan fingerprint density at radius 1 is 1.14 bits per heavy atom. The number of hydrogen-bond donors (Lipinski definition) is 2. The van der Waals surface area contributed by atoms with Crippen LogP contribution in [-0.4, -0.2) is 0 Å². The lowest BCUT2D eigenvalue weighted by molar-refractivity contribution is -0.137. The van der Waals surface area contributed by atoms with Crippen molar-refractivity contribution in [1.29, 1.82) is 0 Å². The van der Waals surface area contributed by atoms with Crippen molar-refractivity contribution in [3.8, 4) is 0 Å². The first kappa shape index (κ1) is 11.4. The molecule has 78 valence electrons. The monoisotopic (exact) mass is 244 g/mol. The zero-order chi connectivity index (χ0) is 10.9. The fraction of sp³-hybridized carbons (Fsp3) is 0.143. The molecule has 0 aliphatic carbocycles. The molecule has 0 fully saturated rings. The van der Waals surface area contributed by atoms with Crippen LogP contribution < -0.4 is 11.3 Å². The Kier molecular flexibility index (Phi) is 3.14. The number of alkyl halides is 3. The number of nitrogens with two attached hydrogens (primary N) is 1. The molecular weight excluding hydrogens is 240 g/mol. The number of nitrogens with one attached hydrogen (secondary N) is 1. The van der Waals surface area contributed by atoms with Gasteiger partial charge in [-0.25, -0.2) is 0 Å². The van der Waals surface area contributed by atoms with Crippen LogP contribution in [0.25, 0.3) is 0 Å². The minimum Gasteiger partial charge on any atom is -0.324 e. The van der Waals surface area contributed by atoms with E-state index >= 15 is 0 Å². The first-order valence-electron chi connectivity index (χ1n) is 3.39. The lowest BCUT2D eigenvalue weighted by Gasteiger charge is -2.12. The summed E-state index contributed by atoms with van der Waals surface area (Å²) in [6.45, 7) is 0. The van der Waals surface area contributed by atoms with Gasteiger partial charge in [-0.05, 0) is 12.1 Å². The van der Waals surface area contributed by atoms with E-state index in [1.807, 2.05) is 0 Å². The van der Waals surface area contributed by atoms with E-state index in [4.69, 9.17) is 29.0 Å². The summed E-state index contributed by atoms with van der Waals surface area (Å²) in [5.41, 5.74) is 1.31. The summed E-state index contributed by atoms with van der Waals surface area (Å²) in [5, 5.41) is -0.976. The number of rotatable bonds is 1. The van der Waals surface area contributed by atoms with Crippen LogP contribution in [0.1, 0.15) is 5.56 Å². The molecule has 0 saturated heterocycles. The highest BCUT2D eigenvalue weighted by atomic mass is 35.5. The van der Waals surface area contributed by atoms with E-state index in [9.17, 15) is 13.2 Å². The van der Waals surface area contributed by atoms with Gasteiger partial charge in [-0.15, -0.1) is 0 Å². The SMILES string of the molecule is NNc1cc(Cl)c(C(F)(F)F)c(Cl)c1. The van der Waals surface area contributed by atoms with E-state index in [-0.39, 0.29) is 5.69 Å². The lowest BCUT2D eigenvalue weighted by atomic mass is 10.2. The number of hydrazine groups is 1. The molecule has 0 aliphatic heterocycles. The van der Waals surface area contributed by atoms with E-state index in [0.717, 1.165) is 12.1 Å². The normalized spacial score (nSPS) is 11.6. The maximum Gasteiger partial charge on any atom is 0.419 e. The van der Waals surface area contributed by atoms with Gasteiger partial charge in [0.15, 0.2) is 0 Å². The molecule has 0 spiro atoms. The van der Waals surface area contributed by atoms with Gasteiger partial charge in [0.25, 0.3) is 0 Å².